The Hall–Kier alpha value is -0.460. The van der Waals surface area contributed by atoms with Gasteiger partial charge in [-0.25, -0.2) is 0 Å². The fourth-order valence-electron chi connectivity index (χ4n) is 0.746. The highest BCUT2D eigenvalue weighted by atomic mass is 35.5. The summed E-state index contributed by atoms with van der Waals surface area (Å²) in [5.74, 6) is 0. The summed E-state index contributed by atoms with van der Waals surface area (Å²) in [4.78, 5) is 0. The largest absolute Gasteiger partial charge is 0.110 e. The zero-order valence-corrected chi connectivity index (χ0v) is 7.58. The minimum Gasteiger partial charge on any atom is -0.0706 e. The van der Waals surface area contributed by atoms with Gasteiger partial charge < -0.3 is 0 Å². The molecule has 0 saturated heterocycles. The van der Waals surface area contributed by atoms with Gasteiger partial charge in [-0.2, -0.15) is 0 Å². The molecule has 0 spiro atoms. The maximum atomic E-state index is 5.60. The van der Waals surface area contributed by atoms with Gasteiger partial charge in [0.05, 0.1) is 0 Å². The van der Waals surface area contributed by atoms with Crippen molar-refractivity contribution >= 4 is 28.8 Å². The van der Waals surface area contributed by atoms with Crippen molar-refractivity contribution < 1.29 is 0 Å². The van der Waals surface area contributed by atoms with Crippen LogP contribution in [0.3, 0.4) is 0 Å². The standard InChI is InChI=1S/C9H7Cl2/c1-7(9(10)11)8-5-3-2-4-6-8/h3-6H,1H3. The van der Waals surface area contributed by atoms with Crippen LogP contribution >= 0.6 is 23.2 Å². The molecule has 0 atom stereocenters. The fraction of sp³-hybridized carbons (Fsp3) is 0.111. The number of hydrogen-bond donors (Lipinski definition) is 0. The van der Waals surface area contributed by atoms with Crippen molar-refractivity contribution in [3.05, 3.63) is 40.4 Å². The Balaban J connectivity index is 3.04. The van der Waals surface area contributed by atoms with E-state index in [1.165, 1.54) is 0 Å². The van der Waals surface area contributed by atoms with Crippen LogP contribution in [0.4, 0.5) is 0 Å². The number of hydrogen-bond acceptors (Lipinski definition) is 0. The zero-order valence-electron chi connectivity index (χ0n) is 6.07. The summed E-state index contributed by atoms with van der Waals surface area (Å²) in [7, 11) is 0. The van der Waals surface area contributed by atoms with Crippen LogP contribution in [0.15, 0.2) is 28.8 Å². The van der Waals surface area contributed by atoms with Crippen LogP contribution in [0, 0.1) is 6.07 Å². The molecular weight excluding hydrogens is 179 g/mol. The van der Waals surface area contributed by atoms with Crippen molar-refractivity contribution in [2.45, 2.75) is 6.92 Å². The Labute approximate surface area is 76.4 Å². The molecule has 0 aromatic heterocycles. The molecule has 0 N–H and O–H groups in total. The molecule has 1 aromatic rings. The molecule has 0 saturated carbocycles. The Morgan fingerprint density at radius 1 is 1.27 bits per heavy atom. The third-order valence-electron chi connectivity index (χ3n) is 1.43. The van der Waals surface area contributed by atoms with Gasteiger partial charge in [0.2, 0.25) is 0 Å². The minimum absolute atomic E-state index is 0.316. The molecule has 0 nitrogen and oxygen atoms in total. The Bertz CT molecular complexity index is 258. The third kappa shape index (κ3) is 2.25. The summed E-state index contributed by atoms with van der Waals surface area (Å²) < 4.78 is 0.316. The topological polar surface area (TPSA) is 0 Å². The van der Waals surface area contributed by atoms with E-state index in [9.17, 15) is 0 Å². The van der Waals surface area contributed by atoms with Gasteiger partial charge >= 0.3 is 0 Å². The Morgan fingerprint density at radius 2 is 1.82 bits per heavy atom. The maximum absolute atomic E-state index is 5.60. The average Bonchev–Trinajstić information content (AvgIpc) is 2.05. The first-order chi connectivity index (χ1) is 5.22. The van der Waals surface area contributed by atoms with Crippen molar-refractivity contribution in [1.82, 2.24) is 0 Å². The Kier molecular flexibility index (Phi) is 2.98. The van der Waals surface area contributed by atoms with Crippen molar-refractivity contribution in [2.24, 2.45) is 0 Å². The van der Waals surface area contributed by atoms with E-state index in [2.05, 4.69) is 6.07 Å². The fourth-order valence-corrected chi connectivity index (χ4v) is 0.964. The van der Waals surface area contributed by atoms with Crippen LogP contribution < -0.4 is 0 Å². The second kappa shape index (κ2) is 3.80. The summed E-state index contributed by atoms with van der Waals surface area (Å²) >= 11 is 11.2. The maximum Gasteiger partial charge on any atom is 0.110 e. The lowest BCUT2D eigenvalue weighted by Gasteiger charge is -1.99. The zero-order chi connectivity index (χ0) is 8.27. The monoisotopic (exact) mass is 185 g/mol. The molecule has 0 bridgehead atoms. The summed E-state index contributed by atoms with van der Waals surface area (Å²) in [6, 6.07) is 10.4. The normalized spacial score (nSPS) is 9.36. The highest BCUT2D eigenvalue weighted by Crippen LogP contribution is 2.22. The van der Waals surface area contributed by atoms with Crippen molar-refractivity contribution in [3.8, 4) is 0 Å². The molecule has 1 aromatic carbocycles. The number of benzene rings is 1. The minimum atomic E-state index is 0.316. The van der Waals surface area contributed by atoms with Crippen LogP contribution in [0.1, 0.15) is 12.5 Å². The van der Waals surface area contributed by atoms with Crippen LogP contribution in [0.2, 0.25) is 0 Å². The SMILES string of the molecule is CC(=C(Cl)Cl)c1cc[c]cc1. The first-order valence-electron chi connectivity index (χ1n) is 3.20. The molecule has 11 heavy (non-hydrogen) atoms. The molecule has 2 heteroatoms. The number of rotatable bonds is 1. The van der Waals surface area contributed by atoms with Crippen LogP contribution in [0.5, 0.6) is 0 Å². The first-order valence-corrected chi connectivity index (χ1v) is 3.96. The van der Waals surface area contributed by atoms with Gasteiger partial charge in [-0.1, -0.05) is 47.5 Å². The molecule has 0 heterocycles. The van der Waals surface area contributed by atoms with Gasteiger partial charge in [-0.3, -0.25) is 0 Å². The number of halogens is 2. The molecule has 1 rings (SSSR count). The molecule has 0 aliphatic carbocycles. The summed E-state index contributed by atoms with van der Waals surface area (Å²) in [5, 5.41) is 0. The van der Waals surface area contributed by atoms with E-state index in [4.69, 9.17) is 23.2 Å². The highest BCUT2D eigenvalue weighted by Gasteiger charge is 1.97. The molecule has 0 amide bonds. The quantitative estimate of drug-likeness (QED) is 0.627. The molecule has 0 aliphatic heterocycles. The molecule has 57 valence electrons. The molecule has 0 fully saturated rings. The average molecular weight is 186 g/mol. The lowest BCUT2D eigenvalue weighted by Crippen LogP contribution is -1.77. The lowest BCUT2D eigenvalue weighted by atomic mass is 10.1. The van der Waals surface area contributed by atoms with E-state index in [0.717, 1.165) is 11.1 Å². The van der Waals surface area contributed by atoms with Crippen molar-refractivity contribution in [3.63, 3.8) is 0 Å². The second-order valence-electron chi connectivity index (χ2n) is 2.17. The number of allylic oxidation sites excluding steroid dienone is 1. The van der Waals surface area contributed by atoms with Gasteiger partial charge in [0.1, 0.15) is 4.49 Å². The van der Waals surface area contributed by atoms with E-state index in [1.807, 2.05) is 31.2 Å². The molecular formula is C9H7Cl2. The van der Waals surface area contributed by atoms with Gasteiger partial charge in [0.25, 0.3) is 0 Å². The first kappa shape index (κ1) is 8.63. The van der Waals surface area contributed by atoms with Crippen LogP contribution in [0.25, 0.3) is 5.57 Å². The molecule has 1 radical (unpaired) electrons. The van der Waals surface area contributed by atoms with Crippen molar-refractivity contribution in [1.29, 1.82) is 0 Å². The molecule has 0 aliphatic rings. The van der Waals surface area contributed by atoms with Crippen LogP contribution in [-0.2, 0) is 0 Å². The lowest BCUT2D eigenvalue weighted by molar-refractivity contribution is 1.57. The van der Waals surface area contributed by atoms with E-state index in [0.29, 0.717) is 4.49 Å². The highest BCUT2D eigenvalue weighted by molar-refractivity contribution is 6.58. The summed E-state index contributed by atoms with van der Waals surface area (Å²) in [5.41, 5.74) is 1.92. The smallest absolute Gasteiger partial charge is 0.0706 e. The van der Waals surface area contributed by atoms with E-state index in [1.54, 1.807) is 0 Å². The summed E-state index contributed by atoms with van der Waals surface area (Å²) in [6.07, 6.45) is 0. The van der Waals surface area contributed by atoms with E-state index in [-0.39, 0.29) is 0 Å². The van der Waals surface area contributed by atoms with E-state index < -0.39 is 0 Å². The molecule has 0 unspecified atom stereocenters. The van der Waals surface area contributed by atoms with Gasteiger partial charge in [-0.15, -0.1) is 0 Å². The van der Waals surface area contributed by atoms with Gasteiger partial charge in [0, 0.05) is 0 Å². The van der Waals surface area contributed by atoms with E-state index >= 15 is 0 Å². The predicted molar refractivity (Wildman–Crippen MR) is 49.6 cm³/mol. The second-order valence-corrected chi connectivity index (χ2v) is 3.12. The van der Waals surface area contributed by atoms with Gasteiger partial charge in [-0.05, 0) is 24.1 Å². The predicted octanol–water partition coefficient (Wildman–Crippen LogP) is 3.65. The Morgan fingerprint density at radius 3 is 2.27 bits per heavy atom. The van der Waals surface area contributed by atoms with Crippen LogP contribution in [-0.4, -0.2) is 0 Å². The van der Waals surface area contributed by atoms with Gasteiger partial charge in [0.15, 0.2) is 0 Å². The third-order valence-corrected chi connectivity index (χ3v) is 2.00. The van der Waals surface area contributed by atoms with Crippen molar-refractivity contribution in [2.75, 3.05) is 0 Å². The summed E-state index contributed by atoms with van der Waals surface area (Å²) in [6.45, 7) is 1.88.